The van der Waals surface area contributed by atoms with Gasteiger partial charge in [0.1, 0.15) is 11.5 Å². The Morgan fingerprint density at radius 1 is 1.08 bits per heavy atom. The van der Waals surface area contributed by atoms with Crippen molar-refractivity contribution < 1.29 is 23.5 Å². The first-order chi connectivity index (χ1) is 12.4. The number of carbonyl (C=O) groups is 2. The predicted molar refractivity (Wildman–Crippen MR) is 94.4 cm³/mol. The molecule has 0 spiro atoms. The summed E-state index contributed by atoms with van der Waals surface area (Å²) in [6.07, 6.45) is 0. The van der Waals surface area contributed by atoms with Crippen LogP contribution in [0.1, 0.15) is 27.6 Å². The molecule has 0 aliphatic rings. The van der Waals surface area contributed by atoms with Crippen LogP contribution < -0.4 is 15.2 Å². The fraction of sp³-hybridized carbons (Fsp3) is 0.211. The van der Waals surface area contributed by atoms with Gasteiger partial charge in [-0.1, -0.05) is 0 Å². The highest BCUT2D eigenvalue weighted by molar-refractivity contribution is 6.00. The van der Waals surface area contributed by atoms with Crippen molar-refractivity contribution in [1.29, 1.82) is 0 Å². The third kappa shape index (κ3) is 3.11. The van der Waals surface area contributed by atoms with Gasteiger partial charge in [-0.25, -0.2) is 4.79 Å². The molecule has 0 aliphatic heterocycles. The number of fused-ring (bicyclic) bond motifs is 1. The molecule has 0 fully saturated rings. The third-order valence-electron chi connectivity index (χ3n) is 4.09. The zero-order chi connectivity index (χ0) is 18.8. The number of ether oxygens (including phenoxy) is 2. The number of nitrogens with zero attached hydrogens (tertiary/aromatic N) is 1. The highest BCUT2D eigenvalue weighted by Crippen LogP contribution is 2.25. The van der Waals surface area contributed by atoms with Crippen LogP contribution in [0.3, 0.4) is 0 Å². The maximum Gasteiger partial charge on any atom is 0.420 e. The summed E-state index contributed by atoms with van der Waals surface area (Å²) >= 11 is 0. The predicted octanol–water partition coefficient (Wildman–Crippen LogP) is 2.70. The number of benzene rings is 2. The van der Waals surface area contributed by atoms with Gasteiger partial charge in [0, 0.05) is 11.6 Å². The van der Waals surface area contributed by atoms with Crippen molar-refractivity contribution >= 4 is 22.7 Å². The van der Waals surface area contributed by atoms with Gasteiger partial charge in [-0.2, -0.15) is 0 Å². The van der Waals surface area contributed by atoms with Crippen molar-refractivity contribution in [3.8, 4) is 11.5 Å². The molecule has 1 aromatic heterocycles. The molecule has 1 heterocycles. The maximum absolute atomic E-state index is 12.7. The summed E-state index contributed by atoms with van der Waals surface area (Å²) in [5, 5.41) is 0. The molecule has 3 aromatic rings. The van der Waals surface area contributed by atoms with E-state index >= 15 is 0 Å². The van der Waals surface area contributed by atoms with Gasteiger partial charge in [-0.15, -0.1) is 0 Å². The minimum atomic E-state index is -0.665. The summed E-state index contributed by atoms with van der Waals surface area (Å²) in [4.78, 5) is 36.3. The molecule has 2 aromatic carbocycles. The van der Waals surface area contributed by atoms with Crippen molar-refractivity contribution in [3.63, 3.8) is 0 Å². The summed E-state index contributed by atoms with van der Waals surface area (Å²) in [7, 11) is 2.97. The Morgan fingerprint density at radius 2 is 1.85 bits per heavy atom. The molecule has 3 rings (SSSR count). The fourth-order valence-electron chi connectivity index (χ4n) is 2.69. The molecule has 0 unspecified atom stereocenters. The highest BCUT2D eigenvalue weighted by atomic mass is 16.5. The first-order valence-corrected chi connectivity index (χ1v) is 7.84. The average molecular weight is 355 g/mol. The Hall–Kier alpha value is -3.35. The molecular formula is C19H17NO6. The van der Waals surface area contributed by atoms with Crippen LogP contribution in [0.5, 0.6) is 11.5 Å². The number of methoxy groups -OCH3 is 2. The van der Waals surface area contributed by atoms with Crippen LogP contribution >= 0.6 is 0 Å². The molecule has 0 N–H and O–H groups in total. The average Bonchev–Trinajstić information content (AvgIpc) is 2.95. The van der Waals surface area contributed by atoms with E-state index < -0.39 is 5.76 Å². The highest BCUT2D eigenvalue weighted by Gasteiger charge is 2.18. The van der Waals surface area contributed by atoms with E-state index in [4.69, 9.17) is 13.9 Å². The van der Waals surface area contributed by atoms with Gasteiger partial charge in [-0.05, 0) is 37.3 Å². The molecule has 7 nitrogen and oxygen atoms in total. The zero-order valence-electron chi connectivity index (χ0n) is 14.6. The normalized spacial score (nSPS) is 10.7. The van der Waals surface area contributed by atoms with Crippen molar-refractivity contribution in [2.24, 2.45) is 0 Å². The summed E-state index contributed by atoms with van der Waals surface area (Å²) in [5.41, 5.74) is 1.47. The van der Waals surface area contributed by atoms with E-state index in [0.717, 1.165) is 0 Å². The van der Waals surface area contributed by atoms with E-state index in [0.29, 0.717) is 28.1 Å². The second-order valence-corrected chi connectivity index (χ2v) is 5.68. The SMILES string of the molecule is COc1ccc(C(=O)Cn2c(=O)oc3cc(C(C)=O)ccc32)c(OC)c1. The van der Waals surface area contributed by atoms with Crippen molar-refractivity contribution in [1.82, 2.24) is 4.57 Å². The van der Waals surface area contributed by atoms with Crippen LogP contribution in [-0.2, 0) is 6.54 Å². The van der Waals surface area contributed by atoms with Gasteiger partial charge in [0.25, 0.3) is 0 Å². The van der Waals surface area contributed by atoms with E-state index in [9.17, 15) is 14.4 Å². The Bertz CT molecular complexity index is 1060. The lowest BCUT2D eigenvalue weighted by Crippen LogP contribution is -2.20. The Balaban J connectivity index is 1.99. The molecule has 0 atom stereocenters. The number of hydrogen-bond donors (Lipinski definition) is 0. The molecule has 0 radical (unpaired) electrons. The number of oxazole rings is 1. The maximum atomic E-state index is 12.7. The molecule has 0 aliphatic carbocycles. The van der Waals surface area contributed by atoms with E-state index in [1.165, 1.54) is 31.8 Å². The van der Waals surface area contributed by atoms with E-state index in [2.05, 4.69) is 0 Å². The summed E-state index contributed by atoms with van der Waals surface area (Å²) in [5.74, 6) is -0.206. The van der Waals surface area contributed by atoms with Crippen molar-refractivity contribution in [3.05, 3.63) is 58.1 Å². The molecular weight excluding hydrogens is 338 g/mol. The van der Waals surface area contributed by atoms with Gasteiger partial charge < -0.3 is 13.9 Å². The van der Waals surface area contributed by atoms with Crippen LogP contribution in [0.15, 0.2) is 45.6 Å². The summed E-state index contributed by atoms with van der Waals surface area (Å²) in [6.45, 7) is 1.21. The second-order valence-electron chi connectivity index (χ2n) is 5.68. The smallest absolute Gasteiger partial charge is 0.420 e. The van der Waals surface area contributed by atoms with Crippen LogP contribution in [0, 0.1) is 0 Å². The largest absolute Gasteiger partial charge is 0.497 e. The first-order valence-electron chi connectivity index (χ1n) is 7.84. The van der Waals surface area contributed by atoms with Crippen LogP contribution in [0.25, 0.3) is 11.1 Å². The van der Waals surface area contributed by atoms with Crippen LogP contribution in [-0.4, -0.2) is 30.4 Å². The third-order valence-corrected chi connectivity index (χ3v) is 4.09. The minimum Gasteiger partial charge on any atom is -0.497 e. The fourth-order valence-corrected chi connectivity index (χ4v) is 2.69. The van der Waals surface area contributed by atoms with Crippen molar-refractivity contribution in [2.45, 2.75) is 13.5 Å². The van der Waals surface area contributed by atoms with Gasteiger partial charge in [0.2, 0.25) is 0 Å². The van der Waals surface area contributed by atoms with Crippen molar-refractivity contribution in [2.75, 3.05) is 14.2 Å². The van der Waals surface area contributed by atoms with E-state index in [-0.39, 0.29) is 23.7 Å². The molecule has 0 saturated carbocycles. The molecule has 134 valence electrons. The van der Waals surface area contributed by atoms with Gasteiger partial charge in [0.15, 0.2) is 17.1 Å². The second kappa shape index (κ2) is 6.87. The van der Waals surface area contributed by atoms with Crippen LogP contribution in [0.4, 0.5) is 0 Å². The summed E-state index contributed by atoms with van der Waals surface area (Å²) < 4.78 is 16.8. The topological polar surface area (TPSA) is 87.7 Å². The molecule has 0 saturated heterocycles. The number of ketones is 2. The monoisotopic (exact) mass is 355 g/mol. The lowest BCUT2D eigenvalue weighted by atomic mass is 10.1. The zero-order valence-corrected chi connectivity index (χ0v) is 14.6. The molecule has 7 heteroatoms. The minimum absolute atomic E-state index is 0.138. The first kappa shape index (κ1) is 17.5. The molecule has 0 bridgehead atoms. The van der Waals surface area contributed by atoms with E-state index in [1.54, 1.807) is 30.3 Å². The lowest BCUT2D eigenvalue weighted by molar-refractivity contribution is 0.0966. The number of hydrogen-bond acceptors (Lipinski definition) is 6. The number of rotatable bonds is 6. The van der Waals surface area contributed by atoms with Gasteiger partial charge in [-0.3, -0.25) is 14.2 Å². The Morgan fingerprint density at radius 3 is 2.50 bits per heavy atom. The number of Topliss-reactive ketones (excluding diaryl/α,β-unsaturated/α-hetero) is 2. The lowest BCUT2D eigenvalue weighted by Gasteiger charge is -2.10. The Labute approximate surface area is 148 Å². The molecule has 26 heavy (non-hydrogen) atoms. The summed E-state index contributed by atoms with van der Waals surface area (Å²) in [6, 6.07) is 9.51. The van der Waals surface area contributed by atoms with Crippen LogP contribution in [0.2, 0.25) is 0 Å². The number of aromatic nitrogens is 1. The van der Waals surface area contributed by atoms with Gasteiger partial charge in [0.05, 0.1) is 31.8 Å². The molecule has 0 amide bonds. The quantitative estimate of drug-likeness (QED) is 0.632. The Kier molecular flexibility index (Phi) is 4.62. The standard InChI is InChI=1S/C19H17NO6/c1-11(21)12-4-7-15-18(8-12)26-19(23)20(15)10-16(22)14-6-5-13(24-2)9-17(14)25-3/h4-9H,10H2,1-3H3. The van der Waals surface area contributed by atoms with Gasteiger partial charge >= 0.3 is 5.76 Å². The van der Waals surface area contributed by atoms with E-state index in [1.807, 2.05) is 0 Å². The number of carbonyl (C=O) groups excluding carboxylic acids is 2.